The van der Waals surface area contributed by atoms with Gasteiger partial charge in [-0.05, 0) is 27.1 Å². The Morgan fingerprint density at radius 1 is 1.46 bits per heavy atom. The molecule has 3 nitrogen and oxygen atoms in total. The summed E-state index contributed by atoms with van der Waals surface area (Å²) in [6.07, 6.45) is 2.54. The first-order chi connectivity index (χ1) is 6.24. The van der Waals surface area contributed by atoms with E-state index in [-0.39, 0.29) is 0 Å². The highest BCUT2D eigenvalue weighted by molar-refractivity contribution is 4.67. The van der Waals surface area contributed by atoms with Gasteiger partial charge in [-0.3, -0.25) is 0 Å². The number of hydrogen-bond acceptors (Lipinski definition) is 3. The number of rotatable bonds is 8. The highest BCUT2D eigenvalue weighted by Gasteiger charge is 2.07. The molecule has 0 radical (unpaired) electrons. The first-order valence-corrected chi connectivity index (χ1v) is 5.09. The van der Waals surface area contributed by atoms with Crippen LogP contribution in [0.25, 0.3) is 0 Å². The van der Waals surface area contributed by atoms with Crippen molar-refractivity contribution < 1.29 is 4.74 Å². The molecule has 0 rings (SSSR count). The van der Waals surface area contributed by atoms with Crippen LogP contribution in [0.3, 0.4) is 0 Å². The summed E-state index contributed by atoms with van der Waals surface area (Å²) in [6.45, 7) is 5.24. The van der Waals surface area contributed by atoms with Gasteiger partial charge in [0.05, 0.1) is 6.61 Å². The number of unbranched alkanes of at least 4 members (excludes halogenated alkanes) is 1. The molecule has 1 atom stereocenters. The predicted molar refractivity (Wildman–Crippen MR) is 57.1 cm³/mol. The van der Waals surface area contributed by atoms with Crippen molar-refractivity contribution in [3.05, 3.63) is 0 Å². The maximum absolute atomic E-state index is 5.11. The molecule has 0 aliphatic rings. The van der Waals surface area contributed by atoms with Crippen molar-refractivity contribution in [3.63, 3.8) is 0 Å². The lowest BCUT2D eigenvalue weighted by Gasteiger charge is -2.22. The summed E-state index contributed by atoms with van der Waals surface area (Å²) in [4.78, 5) is 2.35. The first kappa shape index (κ1) is 12.9. The molecule has 0 aliphatic heterocycles. The zero-order valence-electron chi connectivity index (χ0n) is 9.47. The van der Waals surface area contributed by atoms with Crippen molar-refractivity contribution in [3.8, 4) is 0 Å². The molecule has 0 heterocycles. The van der Waals surface area contributed by atoms with Gasteiger partial charge in [0.15, 0.2) is 0 Å². The molecular weight excluding hydrogens is 164 g/mol. The largest absolute Gasteiger partial charge is 0.383 e. The summed E-state index contributed by atoms with van der Waals surface area (Å²) in [7, 11) is 5.89. The average molecular weight is 188 g/mol. The van der Waals surface area contributed by atoms with Gasteiger partial charge in [0.25, 0.3) is 0 Å². The van der Waals surface area contributed by atoms with E-state index in [4.69, 9.17) is 4.74 Å². The highest BCUT2D eigenvalue weighted by Crippen LogP contribution is 1.94. The van der Waals surface area contributed by atoms with Crippen LogP contribution in [0.5, 0.6) is 0 Å². The fraction of sp³-hybridized carbons (Fsp3) is 1.00. The van der Waals surface area contributed by atoms with Crippen LogP contribution >= 0.6 is 0 Å². The molecule has 1 N–H and O–H groups in total. The number of methoxy groups -OCH3 is 1. The van der Waals surface area contributed by atoms with Gasteiger partial charge in [-0.25, -0.2) is 0 Å². The Morgan fingerprint density at radius 3 is 2.62 bits per heavy atom. The van der Waals surface area contributed by atoms with Gasteiger partial charge in [-0.1, -0.05) is 13.3 Å². The van der Waals surface area contributed by atoms with Crippen molar-refractivity contribution >= 4 is 0 Å². The molecule has 0 bridgehead atoms. The van der Waals surface area contributed by atoms with E-state index in [1.54, 1.807) is 7.11 Å². The normalized spacial score (nSPS) is 13.6. The number of nitrogens with zero attached hydrogens (tertiary/aromatic N) is 1. The third-order valence-electron chi connectivity index (χ3n) is 2.20. The van der Waals surface area contributed by atoms with Gasteiger partial charge < -0.3 is 15.0 Å². The lowest BCUT2D eigenvalue weighted by Crippen LogP contribution is -2.40. The minimum atomic E-state index is 0.451. The Kier molecular flexibility index (Phi) is 8.40. The summed E-state index contributed by atoms with van der Waals surface area (Å²) in [5.41, 5.74) is 0. The van der Waals surface area contributed by atoms with E-state index in [1.165, 1.54) is 19.4 Å². The van der Waals surface area contributed by atoms with Crippen LogP contribution in [-0.2, 0) is 4.74 Å². The Bertz CT molecular complexity index is 109. The zero-order chi connectivity index (χ0) is 10.1. The quantitative estimate of drug-likeness (QED) is 0.614. The maximum Gasteiger partial charge on any atom is 0.0628 e. The van der Waals surface area contributed by atoms with E-state index in [2.05, 4.69) is 24.2 Å². The van der Waals surface area contributed by atoms with Gasteiger partial charge >= 0.3 is 0 Å². The van der Waals surface area contributed by atoms with Gasteiger partial charge in [0.2, 0.25) is 0 Å². The molecule has 0 aliphatic carbocycles. The highest BCUT2D eigenvalue weighted by atomic mass is 16.5. The van der Waals surface area contributed by atoms with Crippen molar-refractivity contribution in [2.75, 3.05) is 40.9 Å². The molecule has 0 saturated carbocycles. The molecule has 0 amide bonds. The molecule has 13 heavy (non-hydrogen) atoms. The number of ether oxygens (including phenoxy) is 1. The van der Waals surface area contributed by atoms with Crippen LogP contribution in [0.2, 0.25) is 0 Å². The lowest BCUT2D eigenvalue weighted by molar-refractivity contribution is 0.149. The minimum Gasteiger partial charge on any atom is -0.383 e. The van der Waals surface area contributed by atoms with Gasteiger partial charge in [0.1, 0.15) is 0 Å². The van der Waals surface area contributed by atoms with Crippen LogP contribution in [0.4, 0.5) is 0 Å². The van der Waals surface area contributed by atoms with E-state index in [9.17, 15) is 0 Å². The Labute approximate surface area is 82.4 Å². The Balaban J connectivity index is 3.53. The van der Waals surface area contributed by atoms with Crippen LogP contribution in [0, 0.1) is 0 Å². The smallest absolute Gasteiger partial charge is 0.0628 e. The van der Waals surface area contributed by atoms with Crippen LogP contribution in [-0.4, -0.2) is 51.8 Å². The van der Waals surface area contributed by atoms with Crippen molar-refractivity contribution in [2.24, 2.45) is 0 Å². The summed E-state index contributed by atoms with van der Waals surface area (Å²) < 4.78 is 5.11. The van der Waals surface area contributed by atoms with Gasteiger partial charge in [-0.2, -0.15) is 0 Å². The molecule has 0 aromatic rings. The monoisotopic (exact) mass is 188 g/mol. The van der Waals surface area contributed by atoms with E-state index < -0.39 is 0 Å². The number of nitrogens with one attached hydrogen (secondary N) is 1. The van der Waals surface area contributed by atoms with Crippen molar-refractivity contribution in [2.45, 2.75) is 25.8 Å². The zero-order valence-corrected chi connectivity index (χ0v) is 9.47. The van der Waals surface area contributed by atoms with E-state index in [0.29, 0.717) is 6.04 Å². The topological polar surface area (TPSA) is 24.5 Å². The molecule has 0 spiro atoms. The molecule has 0 fully saturated rings. The third-order valence-corrected chi connectivity index (χ3v) is 2.20. The van der Waals surface area contributed by atoms with E-state index in [0.717, 1.165) is 13.2 Å². The second-order valence-electron chi connectivity index (χ2n) is 3.56. The fourth-order valence-corrected chi connectivity index (χ4v) is 1.32. The van der Waals surface area contributed by atoms with Crippen LogP contribution in [0.15, 0.2) is 0 Å². The predicted octanol–water partition coefficient (Wildman–Crippen LogP) is 0.953. The molecular formula is C10H24N2O. The molecule has 1 unspecified atom stereocenters. The average Bonchev–Trinajstić information content (AvgIpc) is 2.14. The standard InChI is InChI=1S/C10H24N2O/c1-5-6-7-12(3)8-10(11-2)9-13-4/h10-11H,5-9H2,1-4H3. The summed E-state index contributed by atoms with van der Waals surface area (Å²) in [5.74, 6) is 0. The van der Waals surface area contributed by atoms with Gasteiger partial charge in [0, 0.05) is 19.7 Å². The van der Waals surface area contributed by atoms with Crippen LogP contribution in [0.1, 0.15) is 19.8 Å². The first-order valence-electron chi connectivity index (χ1n) is 5.09. The molecule has 0 saturated heterocycles. The van der Waals surface area contributed by atoms with Crippen molar-refractivity contribution in [1.29, 1.82) is 0 Å². The second kappa shape index (κ2) is 8.48. The molecule has 0 aromatic heterocycles. The summed E-state index contributed by atoms with van der Waals surface area (Å²) in [5, 5.41) is 3.24. The summed E-state index contributed by atoms with van der Waals surface area (Å²) >= 11 is 0. The molecule has 0 aromatic carbocycles. The molecule has 3 heteroatoms. The van der Waals surface area contributed by atoms with Crippen LogP contribution < -0.4 is 5.32 Å². The lowest BCUT2D eigenvalue weighted by atomic mass is 10.2. The van der Waals surface area contributed by atoms with E-state index in [1.807, 2.05) is 7.05 Å². The second-order valence-corrected chi connectivity index (χ2v) is 3.56. The minimum absolute atomic E-state index is 0.451. The van der Waals surface area contributed by atoms with Crippen molar-refractivity contribution in [1.82, 2.24) is 10.2 Å². The fourth-order valence-electron chi connectivity index (χ4n) is 1.32. The number of hydrogen-bond donors (Lipinski definition) is 1. The maximum atomic E-state index is 5.11. The Morgan fingerprint density at radius 2 is 2.15 bits per heavy atom. The number of likely N-dealkylation sites (N-methyl/N-ethyl adjacent to an activating group) is 2. The molecule has 80 valence electrons. The van der Waals surface area contributed by atoms with E-state index >= 15 is 0 Å². The Hall–Kier alpha value is -0.120. The summed E-state index contributed by atoms with van der Waals surface area (Å²) in [6, 6.07) is 0.451. The van der Waals surface area contributed by atoms with Gasteiger partial charge in [-0.15, -0.1) is 0 Å². The third kappa shape index (κ3) is 6.99. The SMILES string of the molecule is CCCCN(C)CC(COC)NC.